The van der Waals surface area contributed by atoms with E-state index in [0.717, 1.165) is 12.8 Å². The van der Waals surface area contributed by atoms with E-state index in [0.29, 0.717) is 13.0 Å². The van der Waals surface area contributed by atoms with E-state index in [9.17, 15) is 14.4 Å². The fraction of sp³-hybridized carbons (Fsp3) is 0.769. The smallest absolute Gasteiger partial charge is 0.317 e. The second kappa shape index (κ2) is 7.12. The van der Waals surface area contributed by atoms with Gasteiger partial charge in [-0.1, -0.05) is 6.42 Å². The van der Waals surface area contributed by atoms with E-state index < -0.39 is 5.97 Å². The molecule has 1 aliphatic rings. The van der Waals surface area contributed by atoms with Gasteiger partial charge in [0, 0.05) is 27.7 Å². The standard InChI is InChI=1S/C13H23N3O4/c1-15(2)11(17)8-16(3)13(20)14-7-9-5-4-6-10(9)12(18)19/h9-10H,4-8H2,1-3H3,(H,14,20)(H,18,19). The third-order valence-corrected chi connectivity index (χ3v) is 3.71. The fourth-order valence-corrected chi connectivity index (χ4v) is 2.38. The summed E-state index contributed by atoms with van der Waals surface area (Å²) in [6.45, 7) is 0.349. The summed E-state index contributed by atoms with van der Waals surface area (Å²) in [5.74, 6) is -1.34. The van der Waals surface area contributed by atoms with Crippen molar-refractivity contribution >= 4 is 17.9 Å². The number of amides is 3. The van der Waals surface area contributed by atoms with Gasteiger partial charge >= 0.3 is 12.0 Å². The van der Waals surface area contributed by atoms with Gasteiger partial charge in [-0.3, -0.25) is 9.59 Å². The van der Waals surface area contributed by atoms with Crippen LogP contribution in [-0.2, 0) is 9.59 Å². The Morgan fingerprint density at radius 2 is 1.85 bits per heavy atom. The molecule has 114 valence electrons. The van der Waals surface area contributed by atoms with Crippen molar-refractivity contribution in [1.29, 1.82) is 0 Å². The van der Waals surface area contributed by atoms with Crippen LogP contribution in [0, 0.1) is 11.8 Å². The summed E-state index contributed by atoms with van der Waals surface area (Å²) in [5, 5.41) is 11.8. The Kier molecular flexibility index (Phi) is 5.79. The number of aliphatic carboxylic acids is 1. The van der Waals surface area contributed by atoms with E-state index >= 15 is 0 Å². The molecule has 0 bridgehead atoms. The second-order valence-electron chi connectivity index (χ2n) is 5.47. The molecule has 7 heteroatoms. The molecule has 2 atom stereocenters. The highest BCUT2D eigenvalue weighted by Gasteiger charge is 2.33. The molecule has 1 saturated carbocycles. The minimum absolute atomic E-state index is 0.00581. The highest BCUT2D eigenvalue weighted by Crippen LogP contribution is 2.31. The monoisotopic (exact) mass is 285 g/mol. The first-order valence-corrected chi connectivity index (χ1v) is 6.74. The van der Waals surface area contributed by atoms with Crippen molar-refractivity contribution in [3.05, 3.63) is 0 Å². The van der Waals surface area contributed by atoms with Gasteiger partial charge in [0.1, 0.15) is 6.54 Å². The molecule has 2 unspecified atom stereocenters. The van der Waals surface area contributed by atoms with E-state index in [1.54, 1.807) is 21.1 Å². The van der Waals surface area contributed by atoms with Crippen molar-refractivity contribution in [1.82, 2.24) is 15.1 Å². The maximum atomic E-state index is 11.8. The van der Waals surface area contributed by atoms with Crippen LogP contribution in [0.3, 0.4) is 0 Å². The van der Waals surface area contributed by atoms with E-state index in [2.05, 4.69) is 5.32 Å². The van der Waals surface area contributed by atoms with Crippen LogP contribution in [0.4, 0.5) is 4.79 Å². The van der Waals surface area contributed by atoms with Crippen molar-refractivity contribution in [2.24, 2.45) is 11.8 Å². The van der Waals surface area contributed by atoms with Crippen molar-refractivity contribution in [2.75, 3.05) is 34.2 Å². The maximum Gasteiger partial charge on any atom is 0.317 e. The first kappa shape index (κ1) is 16.3. The van der Waals surface area contributed by atoms with Gasteiger partial charge in [0.05, 0.1) is 5.92 Å². The van der Waals surface area contributed by atoms with E-state index in [4.69, 9.17) is 5.11 Å². The Labute approximate surface area is 118 Å². The summed E-state index contributed by atoms with van der Waals surface area (Å²) in [7, 11) is 4.80. The Balaban J connectivity index is 2.39. The minimum atomic E-state index is -0.794. The Hall–Kier alpha value is -1.79. The van der Waals surface area contributed by atoms with Gasteiger partial charge in [-0.25, -0.2) is 4.79 Å². The van der Waals surface area contributed by atoms with Crippen LogP contribution in [0.5, 0.6) is 0 Å². The van der Waals surface area contributed by atoms with Crippen molar-refractivity contribution in [3.63, 3.8) is 0 Å². The number of nitrogens with one attached hydrogen (secondary N) is 1. The number of nitrogens with zero attached hydrogens (tertiary/aromatic N) is 2. The zero-order chi connectivity index (χ0) is 15.3. The molecule has 7 nitrogen and oxygen atoms in total. The lowest BCUT2D eigenvalue weighted by atomic mass is 9.96. The molecule has 0 aromatic heterocycles. The second-order valence-corrected chi connectivity index (χ2v) is 5.47. The quantitative estimate of drug-likeness (QED) is 0.756. The first-order valence-electron chi connectivity index (χ1n) is 6.74. The average molecular weight is 285 g/mol. The van der Waals surface area contributed by atoms with Crippen LogP contribution < -0.4 is 5.32 Å². The number of urea groups is 1. The molecule has 0 spiro atoms. The molecular weight excluding hydrogens is 262 g/mol. The van der Waals surface area contributed by atoms with Gasteiger partial charge in [-0.15, -0.1) is 0 Å². The Bertz CT molecular complexity index is 384. The summed E-state index contributed by atoms with van der Waals surface area (Å²) in [6.07, 6.45) is 2.37. The van der Waals surface area contributed by atoms with E-state index in [1.807, 2.05) is 0 Å². The lowest BCUT2D eigenvalue weighted by Gasteiger charge is -2.22. The van der Waals surface area contributed by atoms with Gasteiger partial charge in [-0.05, 0) is 18.8 Å². The molecule has 0 aromatic rings. The van der Waals surface area contributed by atoms with E-state index in [1.165, 1.54) is 9.80 Å². The van der Waals surface area contributed by atoms with Gasteiger partial charge in [0.15, 0.2) is 0 Å². The number of rotatable bonds is 5. The number of carboxylic acids is 1. The van der Waals surface area contributed by atoms with Crippen molar-refractivity contribution in [2.45, 2.75) is 19.3 Å². The van der Waals surface area contributed by atoms with Crippen molar-refractivity contribution < 1.29 is 19.5 Å². The molecule has 0 heterocycles. The molecule has 0 saturated heterocycles. The van der Waals surface area contributed by atoms with Crippen molar-refractivity contribution in [3.8, 4) is 0 Å². The molecule has 20 heavy (non-hydrogen) atoms. The van der Waals surface area contributed by atoms with Crippen LogP contribution in [0.25, 0.3) is 0 Å². The zero-order valence-corrected chi connectivity index (χ0v) is 12.3. The summed E-state index contributed by atoms with van der Waals surface area (Å²) in [5.41, 5.74) is 0. The first-order chi connectivity index (χ1) is 9.32. The lowest BCUT2D eigenvalue weighted by molar-refractivity contribution is -0.142. The zero-order valence-electron chi connectivity index (χ0n) is 12.3. The summed E-state index contributed by atoms with van der Waals surface area (Å²) in [6, 6.07) is -0.351. The summed E-state index contributed by atoms with van der Waals surface area (Å²) >= 11 is 0. The molecular formula is C13H23N3O4. The number of likely N-dealkylation sites (N-methyl/N-ethyl adjacent to an activating group) is 2. The Morgan fingerprint density at radius 1 is 1.20 bits per heavy atom. The Morgan fingerprint density at radius 3 is 2.40 bits per heavy atom. The minimum Gasteiger partial charge on any atom is -0.481 e. The number of carbonyl (C=O) groups is 3. The van der Waals surface area contributed by atoms with Crippen LogP contribution >= 0.6 is 0 Å². The molecule has 0 radical (unpaired) electrons. The topological polar surface area (TPSA) is 90.0 Å². The predicted octanol–water partition coefficient (Wildman–Crippen LogP) is 0.217. The van der Waals surface area contributed by atoms with Crippen LogP contribution in [0.1, 0.15) is 19.3 Å². The lowest BCUT2D eigenvalue weighted by Crippen LogP contribution is -2.44. The maximum absolute atomic E-state index is 11.8. The number of hydrogen-bond donors (Lipinski definition) is 2. The summed E-state index contributed by atoms with van der Waals surface area (Å²) < 4.78 is 0. The van der Waals surface area contributed by atoms with Gasteiger partial charge in [0.25, 0.3) is 0 Å². The third-order valence-electron chi connectivity index (χ3n) is 3.71. The van der Waals surface area contributed by atoms with E-state index in [-0.39, 0.29) is 30.3 Å². The molecule has 1 fully saturated rings. The summed E-state index contributed by atoms with van der Waals surface area (Å²) in [4.78, 5) is 37.1. The molecule has 0 aromatic carbocycles. The molecule has 1 aliphatic carbocycles. The fourth-order valence-electron chi connectivity index (χ4n) is 2.38. The SMILES string of the molecule is CN(C)C(=O)CN(C)C(=O)NCC1CCCC1C(=O)O. The normalized spacial score (nSPS) is 21.4. The third kappa shape index (κ3) is 4.40. The highest BCUT2D eigenvalue weighted by molar-refractivity contribution is 5.83. The molecule has 3 amide bonds. The predicted molar refractivity (Wildman–Crippen MR) is 73.2 cm³/mol. The molecule has 0 aliphatic heterocycles. The molecule has 1 rings (SSSR count). The molecule has 2 N–H and O–H groups in total. The highest BCUT2D eigenvalue weighted by atomic mass is 16.4. The number of carbonyl (C=O) groups excluding carboxylic acids is 2. The van der Waals surface area contributed by atoms with Crippen LogP contribution in [0.15, 0.2) is 0 Å². The number of carboxylic acid groups (broad SMARTS) is 1. The van der Waals surface area contributed by atoms with Gasteiger partial charge in [0.2, 0.25) is 5.91 Å². The number of hydrogen-bond acceptors (Lipinski definition) is 3. The van der Waals surface area contributed by atoms with Gasteiger partial charge < -0.3 is 20.2 Å². The van der Waals surface area contributed by atoms with Crippen LogP contribution in [-0.4, -0.2) is 67.0 Å². The van der Waals surface area contributed by atoms with Crippen LogP contribution in [0.2, 0.25) is 0 Å². The largest absolute Gasteiger partial charge is 0.481 e. The van der Waals surface area contributed by atoms with Gasteiger partial charge in [-0.2, -0.15) is 0 Å². The average Bonchev–Trinajstić information content (AvgIpc) is 2.83.